The number of anilines is 1. The molecule has 0 unspecified atom stereocenters. The highest BCUT2D eigenvalue weighted by Crippen LogP contribution is 2.19. The molecule has 0 fully saturated rings. The molecule has 0 saturated heterocycles. The zero-order valence-electron chi connectivity index (χ0n) is 11.5. The van der Waals surface area contributed by atoms with E-state index in [9.17, 15) is 4.79 Å². The lowest BCUT2D eigenvalue weighted by molar-refractivity contribution is -0.116. The summed E-state index contributed by atoms with van der Waals surface area (Å²) in [5.74, 6) is 0.318. The highest BCUT2D eigenvalue weighted by molar-refractivity contribution is 9.10. The smallest absolute Gasteiger partial charge is 0.248 e. The average Bonchev–Trinajstić information content (AvgIpc) is 3.09. The monoisotopic (exact) mass is 378 g/mol. The fourth-order valence-corrected chi connectivity index (χ4v) is 2.79. The number of nitrogens with one attached hydrogen (secondary N) is 1. The van der Waals surface area contributed by atoms with E-state index in [-0.39, 0.29) is 12.5 Å². The third-order valence-corrected chi connectivity index (χ3v) is 4.20. The number of nitrogens with zero attached hydrogens (tertiary/aromatic N) is 5. The van der Waals surface area contributed by atoms with Gasteiger partial charge >= 0.3 is 0 Å². The van der Waals surface area contributed by atoms with Crippen molar-refractivity contribution in [1.29, 1.82) is 0 Å². The van der Waals surface area contributed by atoms with Gasteiger partial charge in [0, 0.05) is 15.4 Å². The number of amides is 1. The number of benzene rings is 1. The third kappa shape index (κ3) is 3.37. The molecule has 0 saturated carbocycles. The maximum atomic E-state index is 12.1. The summed E-state index contributed by atoms with van der Waals surface area (Å²) in [6.45, 7) is 1.90. The minimum absolute atomic E-state index is 0.0248. The molecular formula is C13H11BrN6OS. The summed E-state index contributed by atoms with van der Waals surface area (Å²) in [7, 11) is 0. The molecule has 0 atom stereocenters. The topological polar surface area (TPSA) is 85.6 Å². The van der Waals surface area contributed by atoms with E-state index in [1.165, 1.54) is 16.0 Å². The van der Waals surface area contributed by atoms with Gasteiger partial charge in [-0.2, -0.15) is 0 Å². The van der Waals surface area contributed by atoms with Crippen LogP contribution < -0.4 is 5.32 Å². The maximum Gasteiger partial charge on any atom is 0.248 e. The van der Waals surface area contributed by atoms with Gasteiger partial charge in [-0.25, -0.2) is 9.67 Å². The van der Waals surface area contributed by atoms with Crippen LogP contribution in [0.5, 0.6) is 0 Å². The molecule has 0 spiro atoms. The molecule has 0 aliphatic heterocycles. The molecule has 1 N–H and O–H groups in total. The molecule has 0 radical (unpaired) electrons. The molecule has 7 nitrogen and oxygen atoms in total. The molecule has 0 aliphatic carbocycles. The SMILES string of the molecule is Cc1csc(NC(=O)Cn2nnnc2-c2ccc(Br)cc2)n1. The van der Waals surface area contributed by atoms with Gasteiger partial charge in [-0.3, -0.25) is 4.79 Å². The molecule has 2 aromatic heterocycles. The van der Waals surface area contributed by atoms with Crippen LogP contribution in [0.3, 0.4) is 0 Å². The summed E-state index contributed by atoms with van der Waals surface area (Å²) in [5, 5.41) is 16.7. The average molecular weight is 379 g/mol. The van der Waals surface area contributed by atoms with Crippen LogP contribution in [0, 0.1) is 6.92 Å². The van der Waals surface area contributed by atoms with Crippen LogP contribution in [0.25, 0.3) is 11.4 Å². The van der Waals surface area contributed by atoms with Gasteiger partial charge in [-0.1, -0.05) is 28.1 Å². The predicted molar refractivity (Wildman–Crippen MR) is 86.4 cm³/mol. The minimum Gasteiger partial charge on any atom is -0.300 e. The summed E-state index contributed by atoms with van der Waals surface area (Å²) in [6.07, 6.45) is 0. The van der Waals surface area contributed by atoms with Gasteiger partial charge in [0.1, 0.15) is 6.54 Å². The van der Waals surface area contributed by atoms with E-state index in [1.54, 1.807) is 0 Å². The number of aryl methyl sites for hydroxylation is 1. The largest absolute Gasteiger partial charge is 0.300 e. The second-order valence-corrected chi connectivity index (χ2v) is 6.28. The summed E-state index contributed by atoms with van der Waals surface area (Å²) < 4.78 is 2.42. The van der Waals surface area contributed by atoms with Crippen molar-refractivity contribution in [2.45, 2.75) is 13.5 Å². The van der Waals surface area contributed by atoms with Crippen LogP contribution in [0.2, 0.25) is 0 Å². The summed E-state index contributed by atoms with van der Waals surface area (Å²) >= 11 is 4.76. The Hall–Kier alpha value is -2.13. The van der Waals surface area contributed by atoms with E-state index < -0.39 is 0 Å². The number of rotatable bonds is 4. The molecule has 2 heterocycles. The first kappa shape index (κ1) is 14.8. The summed E-state index contributed by atoms with van der Waals surface area (Å²) in [6, 6.07) is 7.56. The number of tetrazole rings is 1. The Morgan fingerprint density at radius 2 is 2.14 bits per heavy atom. The molecule has 22 heavy (non-hydrogen) atoms. The summed E-state index contributed by atoms with van der Waals surface area (Å²) in [4.78, 5) is 16.2. The van der Waals surface area contributed by atoms with Crippen molar-refractivity contribution in [3.05, 3.63) is 39.8 Å². The first-order valence-corrected chi connectivity index (χ1v) is 8.03. The molecule has 0 bridgehead atoms. The van der Waals surface area contributed by atoms with E-state index >= 15 is 0 Å². The van der Waals surface area contributed by atoms with Crippen LogP contribution in [0.15, 0.2) is 34.1 Å². The number of hydrogen-bond acceptors (Lipinski definition) is 6. The Kier molecular flexibility index (Phi) is 4.25. The molecule has 1 amide bonds. The Morgan fingerprint density at radius 1 is 1.36 bits per heavy atom. The van der Waals surface area contributed by atoms with E-state index in [1.807, 2.05) is 36.6 Å². The van der Waals surface area contributed by atoms with Gasteiger partial charge in [0.15, 0.2) is 11.0 Å². The Balaban J connectivity index is 1.74. The number of carbonyl (C=O) groups excluding carboxylic acids is 1. The number of carbonyl (C=O) groups is 1. The Labute approximate surface area is 138 Å². The third-order valence-electron chi connectivity index (χ3n) is 2.79. The van der Waals surface area contributed by atoms with Crippen LogP contribution in [0.4, 0.5) is 5.13 Å². The highest BCUT2D eigenvalue weighted by atomic mass is 79.9. The fourth-order valence-electron chi connectivity index (χ4n) is 1.82. The van der Waals surface area contributed by atoms with Crippen molar-refractivity contribution in [3.63, 3.8) is 0 Å². The van der Waals surface area contributed by atoms with E-state index in [0.29, 0.717) is 11.0 Å². The number of aromatic nitrogens is 5. The second-order valence-electron chi connectivity index (χ2n) is 4.51. The Morgan fingerprint density at radius 3 is 2.82 bits per heavy atom. The molecule has 0 aliphatic rings. The zero-order valence-corrected chi connectivity index (χ0v) is 13.9. The van der Waals surface area contributed by atoms with E-state index in [0.717, 1.165) is 15.7 Å². The minimum atomic E-state index is -0.222. The van der Waals surface area contributed by atoms with Crippen LogP contribution in [-0.4, -0.2) is 31.1 Å². The zero-order chi connectivity index (χ0) is 15.5. The van der Waals surface area contributed by atoms with Gasteiger partial charge < -0.3 is 5.32 Å². The van der Waals surface area contributed by atoms with Gasteiger partial charge in [0.25, 0.3) is 0 Å². The predicted octanol–water partition coefficient (Wildman–Crippen LogP) is 2.51. The van der Waals surface area contributed by atoms with Gasteiger partial charge in [-0.05, 0) is 29.5 Å². The number of halogens is 1. The summed E-state index contributed by atoms with van der Waals surface area (Å²) in [5.41, 5.74) is 1.71. The van der Waals surface area contributed by atoms with Crippen LogP contribution >= 0.6 is 27.3 Å². The molecule has 112 valence electrons. The number of thiazole rings is 1. The fraction of sp³-hybridized carbons (Fsp3) is 0.154. The second kappa shape index (κ2) is 6.32. The van der Waals surface area contributed by atoms with E-state index in [4.69, 9.17) is 0 Å². The van der Waals surface area contributed by atoms with Crippen LogP contribution in [0.1, 0.15) is 5.69 Å². The van der Waals surface area contributed by atoms with Crippen LogP contribution in [-0.2, 0) is 11.3 Å². The standard InChI is InChI=1S/C13H11BrN6OS/c1-8-7-22-13(15-8)16-11(21)6-20-12(17-18-19-20)9-2-4-10(14)5-3-9/h2-5,7H,6H2,1H3,(H,15,16,21). The lowest BCUT2D eigenvalue weighted by atomic mass is 10.2. The lowest BCUT2D eigenvalue weighted by Crippen LogP contribution is -2.20. The maximum absolute atomic E-state index is 12.1. The highest BCUT2D eigenvalue weighted by Gasteiger charge is 2.13. The van der Waals surface area contributed by atoms with Crippen molar-refractivity contribution in [3.8, 4) is 11.4 Å². The normalized spacial score (nSPS) is 10.6. The van der Waals surface area contributed by atoms with Gasteiger partial charge in [0.2, 0.25) is 5.91 Å². The van der Waals surface area contributed by atoms with Gasteiger partial charge in [0.05, 0.1) is 5.69 Å². The Bertz CT molecular complexity index is 797. The molecule has 9 heteroatoms. The van der Waals surface area contributed by atoms with Crippen molar-refractivity contribution < 1.29 is 4.79 Å². The first-order valence-electron chi connectivity index (χ1n) is 6.36. The van der Waals surface area contributed by atoms with Gasteiger partial charge in [-0.15, -0.1) is 16.4 Å². The van der Waals surface area contributed by atoms with Crippen molar-refractivity contribution in [2.75, 3.05) is 5.32 Å². The number of hydrogen-bond donors (Lipinski definition) is 1. The van der Waals surface area contributed by atoms with Crippen molar-refractivity contribution in [1.82, 2.24) is 25.2 Å². The quantitative estimate of drug-likeness (QED) is 0.753. The van der Waals surface area contributed by atoms with E-state index in [2.05, 4.69) is 41.8 Å². The molecular weight excluding hydrogens is 368 g/mol. The molecule has 3 aromatic rings. The first-order chi connectivity index (χ1) is 10.6. The molecule has 1 aromatic carbocycles. The molecule has 3 rings (SSSR count). The van der Waals surface area contributed by atoms with Crippen molar-refractivity contribution in [2.24, 2.45) is 0 Å². The lowest BCUT2D eigenvalue weighted by Gasteiger charge is -2.04. The van der Waals surface area contributed by atoms with Crippen molar-refractivity contribution >= 4 is 38.3 Å².